The molecule has 1 atom stereocenters. The molecule has 1 saturated heterocycles. The molecule has 1 aliphatic heterocycles. The molecule has 1 aliphatic rings. The molecule has 1 aromatic rings. The summed E-state index contributed by atoms with van der Waals surface area (Å²) in [6, 6.07) is 9.19. The summed E-state index contributed by atoms with van der Waals surface area (Å²) < 4.78 is 0. The summed E-state index contributed by atoms with van der Waals surface area (Å²) >= 11 is 0. The fourth-order valence-corrected chi connectivity index (χ4v) is 3.05. The van der Waals surface area contributed by atoms with Crippen LogP contribution in [0.4, 0.5) is 0 Å². The highest BCUT2D eigenvalue weighted by Crippen LogP contribution is 2.21. The van der Waals surface area contributed by atoms with Gasteiger partial charge < -0.3 is 0 Å². The van der Waals surface area contributed by atoms with Crippen LogP contribution in [0.15, 0.2) is 54.1 Å². The fourth-order valence-electron chi connectivity index (χ4n) is 3.05. The molecule has 0 aliphatic carbocycles. The molecule has 2 rings (SSSR count). The van der Waals surface area contributed by atoms with E-state index in [-0.39, 0.29) is 0 Å². The molecule has 0 bridgehead atoms. The number of likely N-dealkylation sites (tertiary alicyclic amines) is 1. The lowest BCUT2D eigenvalue weighted by Crippen LogP contribution is -2.39. The molecule has 1 fully saturated rings. The van der Waals surface area contributed by atoms with E-state index >= 15 is 0 Å². The average molecular weight is 326 g/mol. The number of nitrogens with zero attached hydrogens (tertiary/aromatic N) is 1. The minimum Gasteiger partial charge on any atom is -0.293 e. The molecule has 1 heteroatoms. The number of rotatable bonds is 5. The number of piperidine rings is 1. The van der Waals surface area contributed by atoms with E-state index in [4.69, 9.17) is 0 Å². The molecule has 132 valence electrons. The number of aryl methyl sites for hydroxylation is 1. The zero-order valence-corrected chi connectivity index (χ0v) is 16.3. The first-order chi connectivity index (χ1) is 11.7. The number of hydrogen-bond donors (Lipinski definition) is 0. The Bertz CT molecular complexity index is 551. The van der Waals surface area contributed by atoms with Crippen LogP contribution in [0, 0.1) is 6.92 Å². The normalized spacial score (nSPS) is 19.5. The standard InChI is InChI=1S/C21H29N.C2H6/c1-4-5-10-18(2)17-22-16-9-8-13-21(22)15-14-20-12-7-6-11-19(20)3;1-2/h4-7,10-12,14-15,21H,8-9,13,16-17H2,1-3H3;1-2H3/b5-4-,15-14+,18-10+;. The van der Waals surface area contributed by atoms with E-state index in [1.54, 1.807) is 0 Å². The highest BCUT2D eigenvalue weighted by molar-refractivity contribution is 5.53. The second kappa shape index (κ2) is 11.9. The zero-order valence-electron chi connectivity index (χ0n) is 16.3. The van der Waals surface area contributed by atoms with Crippen molar-refractivity contribution >= 4 is 6.08 Å². The molecule has 0 saturated carbocycles. The van der Waals surface area contributed by atoms with E-state index in [1.165, 1.54) is 42.5 Å². The lowest BCUT2D eigenvalue weighted by Gasteiger charge is -2.34. The summed E-state index contributed by atoms with van der Waals surface area (Å²) in [5.41, 5.74) is 4.13. The Balaban J connectivity index is 0.00000139. The van der Waals surface area contributed by atoms with Gasteiger partial charge in [0.2, 0.25) is 0 Å². The van der Waals surface area contributed by atoms with Crippen molar-refractivity contribution < 1.29 is 0 Å². The van der Waals surface area contributed by atoms with Gasteiger partial charge in [0.15, 0.2) is 0 Å². The summed E-state index contributed by atoms with van der Waals surface area (Å²) in [6.45, 7) is 12.8. The monoisotopic (exact) mass is 325 g/mol. The predicted octanol–water partition coefficient (Wildman–Crippen LogP) is 6.41. The molecule has 0 spiro atoms. The van der Waals surface area contributed by atoms with Crippen molar-refractivity contribution in [2.24, 2.45) is 0 Å². The van der Waals surface area contributed by atoms with Crippen LogP contribution in [-0.2, 0) is 0 Å². The van der Waals surface area contributed by atoms with Gasteiger partial charge in [0.05, 0.1) is 0 Å². The third-order valence-corrected chi connectivity index (χ3v) is 4.38. The lowest BCUT2D eigenvalue weighted by molar-refractivity contribution is 0.195. The molecule has 1 nitrogen and oxygen atoms in total. The molecule has 0 amide bonds. The van der Waals surface area contributed by atoms with Gasteiger partial charge in [0, 0.05) is 12.6 Å². The molecule has 1 heterocycles. The fraction of sp³-hybridized carbons (Fsp3) is 0.478. The predicted molar refractivity (Wildman–Crippen MR) is 109 cm³/mol. The Morgan fingerprint density at radius 1 is 1.21 bits per heavy atom. The largest absolute Gasteiger partial charge is 0.293 e. The van der Waals surface area contributed by atoms with Crippen LogP contribution in [-0.4, -0.2) is 24.0 Å². The van der Waals surface area contributed by atoms with Crippen LogP contribution in [0.25, 0.3) is 6.08 Å². The van der Waals surface area contributed by atoms with Gasteiger partial charge in [-0.05, 0) is 51.3 Å². The van der Waals surface area contributed by atoms with Crippen molar-refractivity contribution in [1.29, 1.82) is 0 Å². The molecule has 0 aromatic heterocycles. The Hall–Kier alpha value is -1.60. The average Bonchev–Trinajstić information content (AvgIpc) is 2.62. The van der Waals surface area contributed by atoms with E-state index in [0.29, 0.717) is 6.04 Å². The van der Waals surface area contributed by atoms with Gasteiger partial charge in [-0.3, -0.25) is 4.90 Å². The first-order valence-corrected chi connectivity index (χ1v) is 9.47. The van der Waals surface area contributed by atoms with Crippen LogP contribution in [0.1, 0.15) is 58.1 Å². The van der Waals surface area contributed by atoms with Crippen molar-refractivity contribution in [3.8, 4) is 0 Å². The molecule has 1 unspecified atom stereocenters. The third-order valence-electron chi connectivity index (χ3n) is 4.38. The second-order valence-corrected chi connectivity index (χ2v) is 6.29. The summed E-state index contributed by atoms with van der Waals surface area (Å²) in [5.74, 6) is 0. The molecule has 1 aromatic carbocycles. The highest BCUT2D eigenvalue weighted by atomic mass is 15.2. The minimum atomic E-state index is 0.572. The van der Waals surface area contributed by atoms with Crippen molar-refractivity contribution in [3.63, 3.8) is 0 Å². The lowest BCUT2D eigenvalue weighted by atomic mass is 9.99. The summed E-state index contributed by atoms with van der Waals surface area (Å²) in [6.07, 6.45) is 15.1. The van der Waals surface area contributed by atoms with Crippen molar-refractivity contribution in [2.75, 3.05) is 13.1 Å². The van der Waals surface area contributed by atoms with E-state index in [2.05, 4.69) is 80.3 Å². The van der Waals surface area contributed by atoms with Gasteiger partial charge in [-0.1, -0.05) is 80.5 Å². The Morgan fingerprint density at radius 2 is 1.96 bits per heavy atom. The van der Waals surface area contributed by atoms with Crippen LogP contribution < -0.4 is 0 Å². The van der Waals surface area contributed by atoms with Crippen LogP contribution in [0.5, 0.6) is 0 Å². The van der Waals surface area contributed by atoms with E-state index < -0.39 is 0 Å². The summed E-state index contributed by atoms with van der Waals surface area (Å²) in [4.78, 5) is 2.62. The smallest absolute Gasteiger partial charge is 0.0284 e. The maximum absolute atomic E-state index is 2.62. The van der Waals surface area contributed by atoms with Gasteiger partial charge in [-0.25, -0.2) is 0 Å². The first-order valence-electron chi connectivity index (χ1n) is 9.47. The molecular formula is C23H35N. The topological polar surface area (TPSA) is 3.24 Å². The SMILES string of the molecule is C/C=C\C=C(/C)CN1CCCCC1/C=C/c1ccccc1C.CC. The van der Waals surface area contributed by atoms with Crippen LogP contribution in [0.2, 0.25) is 0 Å². The van der Waals surface area contributed by atoms with Crippen molar-refractivity contribution in [3.05, 3.63) is 65.3 Å². The Labute approximate surface area is 149 Å². The maximum atomic E-state index is 2.62. The Kier molecular flexibility index (Phi) is 10.1. The van der Waals surface area contributed by atoms with Gasteiger partial charge in [-0.2, -0.15) is 0 Å². The zero-order chi connectivity index (χ0) is 17.8. The van der Waals surface area contributed by atoms with Crippen molar-refractivity contribution in [1.82, 2.24) is 4.90 Å². The number of allylic oxidation sites excluding steroid dienone is 3. The van der Waals surface area contributed by atoms with Crippen LogP contribution >= 0.6 is 0 Å². The maximum Gasteiger partial charge on any atom is 0.0284 e. The van der Waals surface area contributed by atoms with E-state index in [1.807, 2.05) is 13.8 Å². The number of hydrogen-bond acceptors (Lipinski definition) is 1. The van der Waals surface area contributed by atoms with Gasteiger partial charge >= 0.3 is 0 Å². The highest BCUT2D eigenvalue weighted by Gasteiger charge is 2.19. The quantitative estimate of drug-likeness (QED) is 0.565. The van der Waals surface area contributed by atoms with Gasteiger partial charge in [0.1, 0.15) is 0 Å². The van der Waals surface area contributed by atoms with Gasteiger partial charge in [-0.15, -0.1) is 0 Å². The van der Waals surface area contributed by atoms with Crippen LogP contribution in [0.3, 0.4) is 0 Å². The minimum absolute atomic E-state index is 0.572. The third kappa shape index (κ3) is 6.88. The first kappa shape index (κ1) is 20.4. The van der Waals surface area contributed by atoms with Crippen molar-refractivity contribution in [2.45, 2.75) is 59.9 Å². The molecular weight excluding hydrogens is 290 g/mol. The Morgan fingerprint density at radius 3 is 2.67 bits per heavy atom. The molecule has 24 heavy (non-hydrogen) atoms. The van der Waals surface area contributed by atoms with Gasteiger partial charge in [0.25, 0.3) is 0 Å². The molecule has 0 N–H and O–H groups in total. The molecule has 0 radical (unpaired) electrons. The summed E-state index contributed by atoms with van der Waals surface area (Å²) in [5, 5.41) is 0. The van der Waals surface area contributed by atoms with E-state index in [0.717, 1.165) is 6.54 Å². The second-order valence-electron chi connectivity index (χ2n) is 6.29. The summed E-state index contributed by atoms with van der Waals surface area (Å²) in [7, 11) is 0. The van der Waals surface area contributed by atoms with E-state index in [9.17, 15) is 0 Å². The number of benzene rings is 1.